The van der Waals surface area contributed by atoms with E-state index < -0.39 is 11.7 Å². The number of likely N-dealkylation sites (tertiary alicyclic amines) is 1. The molecule has 2 heterocycles. The van der Waals surface area contributed by atoms with E-state index in [0.717, 1.165) is 18.7 Å². The molecule has 0 spiro atoms. The Kier molecular flexibility index (Phi) is 5.77. The third kappa shape index (κ3) is 4.75. The zero-order chi connectivity index (χ0) is 22.2. The van der Waals surface area contributed by atoms with Crippen LogP contribution in [0.3, 0.4) is 0 Å². The van der Waals surface area contributed by atoms with Crippen molar-refractivity contribution in [1.29, 1.82) is 0 Å². The van der Waals surface area contributed by atoms with Gasteiger partial charge in [-0.25, -0.2) is 0 Å². The Morgan fingerprint density at radius 3 is 2.61 bits per heavy atom. The molecule has 1 saturated carbocycles. The Morgan fingerprint density at radius 2 is 1.97 bits per heavy atom. The van der Waals surface area contributed by atoms with E-state index in [2.05, 4.69) is 10.4 Å². The lowest BCUT2D eigenvalue weighted by Crippen LogP contribution is -2.42. The third-order valence-corrected chi connectivity index (χ3v) is 6.15. The first kappa shape index (κ1) is 21.4. The molecule has 1 saturated heterocycles. The predicted octanol–water partition coefficient (Wildman–Crippen LogP) is 3.90. The summed E-state index contributed by atoms with van der Waals surface area (Å²) in [7, 11) is 0. The number of benzene rings is 1. The van der Waals surface area contributed by atoms with Gasteiger partial charge < -0.3 is 10.2 Å². The van der Waals surface area contributed by atoms with Crippen LogP contribution in [0.2, 0.25) is 0 Å². The molecule has 2 aliphatic rings. The molecule has 0 radical (unpaired) electrons. The summed E-state index contributed by atoms with van der Waals surface area (Å²) in [5.74, 6) is -0.700. The fourth-order valence-electron chi connectivity index (χ4n) is 4.22. The number of aryl methyl sites for hydroxylation is 1. The Balaban J connectivity index is 1.29. The first-order chi connectivity index (χ1) is 14.8. The molecule has 2 atom stereocenters. The number of nitrogens with one attached hydrogen (secondary N) is 1. The number of piperidine rings is 1. The van der Waals surface area contributed by atoms with E-state index in [1.807, 2.05) is 6.92 Å². The van der Waals surface area contributed by atoms with Gasteiger partial charge in [0.05, 0.1) is 17.4 Å². The number of halogens is 3. The molecule has 4 rings (SSSR count). The molecule has 166 valence electrons. The van der Waals surface area contributed by atoms with Gasteiger partial charge in [0.25, 0.3) is 0 Å². The standard InChI is InChI=1S/C22H25F3N4O2/c1-2-29-13-17(12-26-29)27-20(30)14-6-8-28(9-7-14)21(31)19-11-18(19)15-4-3-5-16(10-15)22(23,24)25/h3-5,10,12-14,18-19H,2,6-9,11H2,1H3,(H,27,30). The highest BCUT2D eigenvalue weighted by Crippen LogP contribution is 2.49. The van der Waals surface area contributed by atoms with E-state index in [-0.39, 0.29) is 29.6 Å². The lowest BCUT2D eigenvalue weighted by molar-refractivity contribution is -0.137. The van der Waals surface area contributed by atoms with Crippen molar-refractivity contribution in [1.82, 2.24) is 14.7 Å². The molecule has 2 amide bonds. The second-order valence-corrected chi connectivity index (χ2v) is 8.25. The zero-order valence-corrected chi connectivity index (χ0v) is 17.2. The van der Waals surface area contributed by atoms with E-state index in [1.54, 1.807) is 28.0 Å². The van der Waals surface area contributed by atoms with Crippen molar-refractivity contribution in [3.05, 3.63) is 47.8 Å². The van der Waals surface area contributed by atoms with Crippen LogP contribution < -0.4 is 5.32 Å². The molecule has 2 aromatic rings. The van der Waals surface area contributed by atoms with Crippen LogP contribution in [0.4, 0.5) is 18.9 Å². The SMILES string of the molecule is CCn1cc(NC(=O)C2CCN(C(=O)C3CC3c3cccc(C(F)(F)F)c3)CC2)cn1. The fourth-order valence-corrected chi connectivity index (χ4v) is 4.22. The van der Waals surface area contributed by atoms with Gasteiger partial charge in [-0.3, -0.25) is 14.3 Å². The van der Waals surface area contributed by atoms with E-state index in [4.69, 9.17) is 0 Å². The van der Waals surface area contributed by atoms with Crippen molar-refractivity contribution >= 4 is 17.5 Å². The maximum absolute atomic E-state index is 12.9. The number of nitrogens with zero attached hydrogens (tertiary/aromatic N) is 3. The molecule has 1 aromatic carbocycles. The summed E-state index contributed by atoms with van der Waals surface area (Å²) in [4.78, 5) is 27.1. The number of amides is 2. The summed E-state index contributed by atoms with van der Waals surface area (Å²) >= 11 is 0. The topological polar surface area (TPSA) is 67.2 Å². The van der Waals surface area contributed by atoms with Gasteiger partial charge >= 0.3 is 6.18 Å². The van der Waals surface area contributed by atoms with Gasteiger partial charge in [0.15, 0.2) is 0 Å². The summed E-state index contributed by atoms with van der Waals surface area (Å²) in [6, 6.07) is 5.25. The number of hydrogen-bond donors (Lipinski definition) is 1. The van der Waals surface area contributed by atoms with Crippen LogP contribution in [0.25, 0.3) is 0 Å². The minimum Gasteiger partial charge on any atom is -0.342 e. The van der Waals surface area contributed by atoms with E-state index in [1.165, 1.54) is 6.07 Å². The highest BCUT2D eigenvalue weighted by atomic mass is 19.4. The second-order valence-electron chi connectivity index (χ2n) is 8.25. The minimum absolute atomic E-state index is 0.0227. The number of aromatic nitrogens is 2. The first-order valence-electron chi connectivity index (χ1n) is 10.6. The third-order valence-electron chi connectivity index (χ3n) is 6.15. The molecular formula is C22H25F3N4O2. The van der Waals surface area contributed by atoms with Crippen molar-refractivity contribution in [2.45, 2.75) is 44.8 Å². The number of rotatable bonds is 5. The van der Waals surface area contributed by atoms with Crippen LogP contribution in [-0.2, 0) is 22.3 Å². The highest BCUT2D eigenvalue weighted by molar-refractivity contribution is 5.92. The van der Waals surface area contributed by atoms with Crippen molar-refractivity contribution in [3.63, 3.8) is 0 Å². The minimum atomic E-state index is -4.39. The second kappa shape index (κ2) is 8.36. The molecule has 1 aromatic heterocycles. The molecule has 1 aliphatic carbocycles. The largest absolute Gasteiger partial charge is 0.416 e. The van der Waals surface area contributed by atoms with Crippen molar-refractivity contribution in [2.75, 3.05) is 18.4 Å². The maximum atomic E-state index is 12.9. The lowest BCUT2D eigenvalue weighted by atomic mass is 9.95. The fraction of sp³-hybridized carbons (Fsp3) is 0.500. The Bertz CT molecular complexity index is 964. The molecular weight excluding hydrogens is 409 g/mol. The predicted molar refractivity (Wildman–Crippen MR) is 108 cm³/mol. The van der Waals surface area contributed by atoms with Crippen LogP contribution >= 0.6 is 0 Å². The van der Waals surface area contributed by atoms with Crippen molar-refractivity contribution in [2.24, 2.45) is 11.8 Å². The van der Waals surface area contributed by atoms with Crippen molar-refractivity contribution in [3.8, 4) is 0 Å². The van der Waals surface area contributed by atoms with Crippen LogP contribution in [0.1, 0.15) is 43.2 Å². The summed E-state index contributed by atoms with van der Waals surface area (Å²) in [6.45, 7) is 3.65. The number of carbonyl (C=O) groups excluding carboxylic acids is 2. The summed E-state index contributed by atoms with van der Waals surface area (Å²) in [6.07, 6.45) is 0.712. The van der Waals surface area contributed by atoms with Gasteiger partial charge in [0.2, 0.25) is 11.8 Å². The molecule has 31 heavy (non-hydrogen) atoms. The van der Waals surface area contributed by atoms with Gasteiger partial charge in [-0.05, 0) is 43.7 Å². The summed E-state index contributed by atoms with van der Waals surface area (Å²) < 4.78 is 40.6. The van der Waals surface area contributed by atoms with Gasteiger partial charge in [-0.2, -0.15) is 18.3 Å². The molecule has 6 nitrogen and oxygen atoms in total. The number of anilines is 1. The van der Waals surface area contributed by atoms with Gasteiger partial charge in [-0.1, -0.05) is 18.2 Å². The summed E-state index contributed by atoms with van der Waals surface area (Å²) in [5.41, 5.74) is 0.543. The highest BCUT2D eigenvalue weighted by Gasteiger charge is 2.47. The Labute approximate surface area is 178 Å². The maximum Gasteiger partial charge on any atom is 0.416 e. The lowest BCUT2D eigenvalue weighted by Gasteiger charge is -2.31. The quantitative estimate of drug-likeness (QED) is 0.776. The van der Waals surface area contributed by atoms with Gasteiger partial charge in [0.1, 0.15) is 0 Å². The van der Waals surface area contributed by atoms with E-state index >= 15 is 0 Å². The van der Waals surface area contributed by atoms with E-state index in [0.29, 0.717) is 43.6 Å². The number of carbonyl (C=O) groups is 2. The molecule has 9 heteroatoms. The molecule has 1 aliphatic heterocycles. The average Bonchev–Trinajstić information content (AvgIpc) is 3.44. The normalized spacial score (nSPS) is 21.7. The smallest absolute Gasteiger partial charge is 0.342 e. The van der Waals surface area contributed by atoms with Crippen LogP contribution in [0, 0.1) is 11.8 Å². The van der Waals surface area contributed by atoms with E-state index in [9.17, 15) is 22.8 Å². The van der Waals surface area contributed by atoms with Gasteiger partial charge in [-0.15, -0.1) is 0 Å². The first-order valence-corrected chi connectivity index (χ1v) is 10.6. The number of hydrogen-bond acceptors (Lipinski definition) is 3. The average molecular weight is 434 g/mol. The number of alkyl halides is 3. The Hall–Kier alpha value is -2.84. The molecule has 2 unspecified atom stereocenters. The molecule has 2 fully saturated rings. The van der Waals surface area contributed by atoms with Crippen LogP contribution in [0.5, 0.6) is 0 Å². The van der Waals surface area contributed by atoms with Crippen LogP contribution in [-0.4, -0.2) is 39.6 Å². The molecule has 1 N–H and O–H groups in total. The van der Waals surface area contributed by atoms with Crippen molar-refractivity contribution < 1.29 is 22.8 Å². The van der Waals surface area contributed by atoms with Gasteiger partial charge in [0, 0.05) is 37.7 Å². The molecule has 0 bridgehead atoms. The van der Waals surface area contributed by atoms with Crippen LogP contribution in [0.15, 0.2) is 36.7 Å². The zero-order valence-electron chi connectivity index (χ0n) is 17.2. The summed E-state index contributed by atoms with van der Waals surface area (Å²) in [5, 5.41) is 7.01. The monoisotopic (exact) mass is 434 g/mol. The Morgan fingerprint density at radius 1 is 1.23 bits per heavy atom.